The van der Waals surface area contributed by atoms with Gasteiger partial charge in [-0.2, -0.15) is 15.0 Å². The van der Waals surface area contributed by atoms with Crippen LogP contribution in [0.5, 0.6) is 0 Å². The van der Waals surface area contributed by atoms with Crippen LogP contribution in [-0.2, 0) is 4.79 Å². The average Bonchev–Trinajstić information content (AvgIpc) is 2.42. The highest BCUT2D eigenvalue weighted by Gasteiger charge is 2.19. The number of hydrogen-bond donors (Lipinski definition) is 2. The van der Waals surface area contributed by atoms with E-state index in [4.69, 9.17) is 0 Å². The first-order chi connectivity index (χ1) is 9.85. The summed E-state index contributed by atoms with van der Waals surface area (Å²) in [7, 11) is 3.68. The summed E-state index contributed by atoms with van der Waals surface area (Å²) in [5, 5.41) is 12.2. The molecule has 7 heteroatoms. The zero-order chi connectivity index (χ0) is 16.0. The van der Waals surface area contributed by atoms with Crippen molar-refractivity contribution in [1.82, 2.24) is 15.0 Å². The molecule has 0 bridgehead atoms. The van der Waals surface area contributed by atoms with Crippen molar-refractivity contribution < 1.29 is 9.90 Å². The van der Waals surface area contributed by atoms with Crippen molar-refractivity contribution >= 4 is 17.9 Å². The lowest BCUT2D eigenvalue weighted by atomic mass is 10.1. The van der Waals surface area contributed by atoms with Gasteiger partial charge in [0.05, 0.1) is 0 Å². The van der Waals surface area contributed by atoms with Crippen molar-refractivity contribution in [1.29, 1.82) is 0 Å². The minimum atomic E-state index is -0.888. The van der Waals surface area contributed by atoms with Crippen LogP contribution < -0.4 is 10.2 Å². The number of rotatable bonds is 8. The zero-order valence-electron chi connectivity index (χ0n) is 13.4. The van der Waals surface area contributed by atoms with Gasteiger partial charge >= 0.3 is 5.97 Å². The summed E-state index contributed by atoms with van der Waals surface area (Å²) in [5.74, 6) is 0.750. The molecule has 0 radical (unpaired) electrons. The molecular weight excluding hydrogens is 270 g/mol. The molecule has 1 rings (SSSR count). The molecule has 7 nitrogen and oxygen atoms in total. The second kappa shape index (κ2) is 7.75. The molecule has 0 aliphatic heterocycles. The number of hydrogen-bond acceptors (Lipinski definition) is 6. The average molecular weight is 295 g/mol. The summed E-state index contributed by atoms with van der Waals surface area (Å²) in [5.41, 5.74) is 0. The van der Waals surface area contributed by atoms with E-state index < -0.39 is 12.0 Å². The lowest BCUT2D eigenvalue weighted by molar-refractivity contribution is -0.138. The maximum atomic E-state index is 11.3. The Labute approximate surface area is 125 Å². The summed E-state index contributed by atoms with van der Waals surface area (Å²) in [6.45, 7) is 6.01. The fourth-order valence-electron chi connectivity index (χ4n) is 1.72. The van der Waals surface area contributed by atoms with Crippen LogP contribution in [0.1, 0.15) is 51.8 Å². The van der Waals surface area contributed by atoms with Crippen LogP contribution in [0, 0.1) is 0 Å². The van der Waals surface area contributed by atoms with Gasteiger partial charge < -0.3 is 15.3 Å². The Bertz CT molecular complexity index is 450. The van der Waals surface area contributed by atoms with Gasteiger partial charge in [0.25, 0.3) is 0 Å². The SMILES string of the molecule is CCCC[C@H](Nc1nc(C(C)C)nc(N(C)C)n1)C(=O)O. The number of anilines is 2. The highest BCUT2D eigenvalue weighted by atomic mass is 16.4. The minimum Gasteiger partial charge on any atom is -0.480 e. The number of unbranched alkanes of at least 4 members (excludes halogenated alkanes) is 1. The fraction of sp³-hybridized carbons (Fsp3) is 0.714. The van der Waals surface area contributed by atoms with Gasteiger partial charge in [0, 0.05) is 20.0 Å². The molecule has 2 N–H and O–H groups in total. The lowest BCUT2D eigenvalue weighted by Gasteiger charge is -2.17. The van der Waals surface area contributed by atoms with Crippen LogP contribution in [0.3, 0.4) is 0 Å². The maximum Gasteiger partial charge on any atom is 0.326 e. The molecule has 1 atom stereocenters. The number of carbonyl (C=O) groups is 1. The van der Waals surface area contributed by atoms with Gasteiger partial charge in [-0.05, 0) is 6.42 Å². The molecule has 0 aliphatic carbocycles. The third kappa shape index (κ3) is 5.17. The Balaban J connectivity index is 3.01. The molecule has 21 heavy (non-hydrogen) atoms. The molecule has 0 spiro atoms. The van der Waals surface area contributed by atoms with Crippen molar-refractivity contribution in [3.8, 4) is 0 Å². The standard InChI is InChI=1S/C14H25N5O2/c1-6-7-8-10(12(20)21)15-13-16-11(9(2)3)17-14(18-13)19(4)5/h9-10H,6-8H2,1-5H3,(H,20,21)(H,15,16,17,18)/t10-/m0/s1. The van der Waals surface area contributed by atoms with Gasteiger partial charge in [0.2, 0.25) is 11.9 Å². The molecule has 0 amide bonds. The second-order valence-electron chi connectivity index (χ2n) is 5.54. The highest BCUT2D eigenvalue weighted by Crippen LogP contribution is 2.16. The summed E-state index contributed by atoms with van der Waals surface area (Å²) < 4.78 is 0. The first-order valence-corrected chi connectivity index (χ1v) is 7.27. The molecule has 0 saturated carbocycles. The van der Waals surface area contributed by atoms with Gasteiger partial charge in [0.15, 0.2) is 0 Å². The van der Waals surface area contributed by atoms with Crippen LogP contribution in [0.4, 0.5) is 11.9 Å². The molecule has 0 aromatic carbocycles. The number of aromatic nitrogens is 3. The third-order valence-corrected chi connectivity index (χ3v) is 3.01. The molecule has 1 heterocycles. The first-order valence-electron chi connectivity index (χ1n) is 7.27. The van der Waals surface area contributed by atoms with E-state index in [1.807, 2.05) is 34.9 Å². The van der Waals surface area contributed by atoms with Crippen molar-refractivity contribution in [3.05, 3.63) is 5.82 Å². The minimum absolute atomic E-state index is 0.145. The highest BCUT2D eigenvalue weighted by molar-refractivity contribution is 5.76. The molecule has 0 aliphatic rings. The zero-order valence-corrected chi connectivity index (χ0v) is 13.4. The topological polar surface area (TPSA) is 91.2 Å². The van der Waals surface area contributed by atoms with Crippen molar-refractivity contribution in [3.63, 3.8) is 0 Å². The van der Waals surface area contributed by atoms with Crippen molar-refractivity contribution in [2.24, 2.45) is 0 Å². The molecule has 1 aromatic rings. The Morgan fingerprint density at radius 2 is 1.95 bits per heavy atom. The van der Waals surface area contributed by atoms with E-state index in [1.54, 1.807) is 4.90 Å². The Morgan fingerprint density at radius 3 is 2.43 bits per heavy atom. The molecule has 1 aromatic heterocycles. The maximum absolute atomic E-state index is 11.3. The number of aliphatic carboxylic acids is 1. The molecule has 0 fully saturated rings. The summed E-state index contributed by atoms with van der Waals surface area (Å²) in [6, 6.07) is -0.678. The van der Waals surface area contributed by atoms with Crippen LogP contribution in [0.25, 0.3) is 0 Å². The van der Waals surface area contributed by atoms with Gasteiger partial charge in [-0.15, -0.1) is 0 Å². The smallest absolute Gasteiger partial charge is 0.326 e. The number of carboxylic acid groups (broad SMARTS) is 1. The number of carboxylic acids is 1. The van der Waals surface area contributed by atoms with Gasteiger partial charge in [0.1, 0.15) is 11.9 Å². The van der Waals surface area contributed by atoms with Crippen LogP contribution in [0.15, 0.2) is 0 Å². The first kappa shape index (κ1) is 17.1. The summed E-state index contributed by atoms with van der Waals surface area (Å²) in [6.07, 6.45) is 2.33. The number of nitrogens with zero attached hydrogens (tertiary/aromatic N) is 4. The summed E-state index contributed by atoms with van der Waals surface area (Å²) >= 11 is 0. The van der Waals surface area contributed by atoms with E-state index >= 15 is 0 Å². The predicted molar refractivity (Wildman–Crippen MR) is 82.8 cm³/mol. The quantitative estimate of drug-likeness (QED) is 0.759. The van der Waals surface area contributed by atoms with Crippen molar-refractivity contribution in [2.45, 2.75) is 52.0 Å². The molecule has 0 saturated heterocycles. The largest absolute Gasteiger partial charge is 0.480 e. The van der Waals surface area contributed by atoms with Gasteiger partial charge in [-0.25, -0.2) is 4.79 Å². The molecule has 118 valence electrons. The predicted octanol–water partition coefficient (Wildman–Crippen LogP) is 2.12. The monoisotopic (exact) mass is 295 g/mol. The van der Waals surface area contributed by atoms with Crippen LogP contribution >= 0.6 is 0 Å². The van der Waals surface area contributed by atoms with E-state index in [1.165, 1.54) is 0 Å². The van der Waals surface area contributed by atoms with Crippen LogP contribution in [0.2, 0.25) is 0 Å². The van der Waals surface area contributed by atoms with Gasteiger partial charge in [-0.1, -0.05) is 33.6 Å². The Morgan fingerprint density at radius 1 is 1.29 bits per heavy atom. The van der Waals surface area contributed by atoms with Crippen LogP contribution in [-0.4, -0.2) is 46.2 Å². The molecular formula is C14H25N5O2. The number of nitrogens with one attached hydrogen (secondary N) is 1. The van der Waals surface area contributed by atoms with Crippen molar-refractivity contribution in [2.75, 3.05) is 24.3 Å². The fourth-order valence-corrected chi connectivity index (χ4v) is 1.72. The van der Waals surface area contributed by atoms with Gasteiger partial charge in [-0.3, -0.25) is 0 Å². The van der Waals surface area contributed by atoms with E-state index in [2.05, 4.69) is 20.3 Å². The third-order valence-electron chi connectivity index (χ3n) is 3.01. The van der Waals surface area contributed by atoms with E-state index in [0.717, 1.165) is 12.8 Å². The second-order valence-corrected chi connectivity index (χ2v) is 5.54. The molecule has 0 unspecified atom stereocenters. The van der Waals surface area contributed by atoms with E-state index in [-0.39, 0.29) is 5.92 Å². The van der Waals surface area contributed by atoms with E-state index in [9.17, 15) is 9.90 Å². The summed E-state index contributed by atoms with van der Waals surface area (Å²) in [4.78, 5) is 26.0. The van der Waals surface area contributed by atoms with E-state index in [0.29, 0.717) is 24.1 Å². The lowest BCUT2D eigenvalue weighted by Crippen LogP contribution is -2.30. The normalized spacial score (nSPS) is 12.3. The Kier molecular flexibility index (Phi) is 6.33. The Hall–Kier alpha value is -1.92.